The van der Waals surface area contributed by atoms with E-state index in [2.05, 4.69) is 15.2 Å². The number of aryl methyl sites for hydroxylation is 2. The molecule has 1 N–H and O–H groups in total. The third-order valence-corrected chi connectivity index (χ3v) is 3.44. The number of nitrogens with one attached hydrogen (secondary N) is 1. The Bertz CT molecular complexity index is 759. The van der Waals surface area contributed by atoms with Gasteiger partial charge in [0, 0.05) is 6.54 Å². The smallest absolute Gasteiger partial charge is 0.344 e. The van der Waals surface area contributed by atoms with Gasteiger partial charge in [-0.05, 0) is 31.5 Å². The average Bonchev–Trinajstić information content (AvgIpc) is 2.96. The summed E-state index contributed by atoms with van der Waals surface area (Å²) >= 11 is 0. The molecule has 0 atom stereocenters. The number of amides is 1. The van der Waals surface area contributed by atoms with Crippen LogP contribution in [0.4, 0.5) is 0 Å². The lowest BCUT2D eigenvalue weighted by molar-refractivity contribution is -0.124. The molecule has 8 heteroatoms. The number of nitrogens with zero attached hydrogens (tertiary/aromatic N) is 1. The molecule has 0 fully saturated rings. The van der Waals surface area contributed by atoms with E-state index >= 15 is 0 Å². The van der Waals surface area contributed by atoms with Gasteiger partial charge >= 0.3 is 11.9 Å². The fourth-order valence-electron chi connectivity index (χ4n) is 2.11. The van der Waals surface area contributed by atoms with Crippen molar-refractivity contribution in [1.29, 1.82) is 0 Å². The molecule has 1 aromatic heterocycles. The van der Waals surface area contributed by atoms with E-state index < -0.39 is 24.5 Å². The zero-order valence-corrected chi connectivity index (χ0v) is 14.1. The van der Waals surface area contributed by atoms with Gasteiger partial charge in [-0.2, -0.15) is 0 Å². The molecule has 0 saturated heterocycles. The normalized spacial score (nSPS) is 10.2. The number of hydrogen-bond acceptors (Lipinski definition) is 7. The van der Waals surface area contributed by atoms with E-state index in [1.54, 1.807) is 38.1 Å². The van der Waals surface area contributed by atoms with Crippen LogP contribution in [0.5, 0.6) is 0 Å². The molecule has 1 amide bonds. The van der Waals surface area contributed by atoms with E-state index in [1.165, 1.54) is 7.11 Å². The summed E-state index contributed by atoms with van der Waals surface area (Å²) in [6.07, 6.45) is 0. The molecule has 0 aliphatic heterocycles. The van der Waals surface area contributed by atoms with E-state index in [1.807, 2.05) is 0 Å². The van der Waals surface area contributed by atoms with Crippen LogP contribution in [0.15, 0.2) is 28.8 Å². The molecule has 0 unspecified atom stereocenters. The van der Waals surface area contributed by atoms with E-state index in [-0.39, 0.29) is 12.1 Å². The van der Waals surface area contributed by atoms with Crippen LogP contribution in [0, 0.1) is 13.8 Å². The molecule has 2 aromatic rings. The number of benzene rings is 1. The Hall–Kier alpha value is -3.16. The fraction of sp³-hybridized carbons (Fsp3) is 0.294. The average molecular weight is 346 g/mol. The second kappa shape index (κ2) is 8.09. The van der Waals surface area contributed by atoms with Crippen molar-refractivity contribution in [2.75, 3.05) is 13.7 Å². The molecule has 25 heavy (non-hydrogen) atoms. The van der Waals surface area contributed by atoms with Crippen LogP contribution >= 0.6 is 0 Å². The second-order valence-corrected chi connectivity index (χ2v) is 5.24. The standard InChI is InChI=1S/C17H18N2O6/c1-10-15(11(2)25-19-10)17(22)24-9-14(20)18-8-12-4-6-13(7-5-12)16(21)23-3/h4-7H,8-9H2,1-3H3,(H,18,20). The fourth-order valence-corrected chi connectivity index (χ4v) is 2.11. The van der Waals surface area contributed by atoms with Crippen LogP contribution in [-0.4, -0.2) is 36.7 Å². The van der Waals surface area contributed by atoms with Gasteiger partial charge in [0.05, 0.1) is 18.4 Å². The van der Waals surface area contributed by atoms with Crippen LogP contribution in [0.2, 0.25) is 0 Å². The number of methoxy groups -OCH3 is 1. The third kappa shape index (κ3) is 4.66. The first-order valence-corrected chi connectivity index (χ1v) is 7.46. The summed E-state index contributed by atoms with van der Waals surface area (Å²) < 4.78 is 14.4. The summed E-state index contributed by atoms with van der Waals surface area (Å²) in [5, 5.41) is 6.28. The van der Waals surface area contributed by atoms with Crippen molar-refractivity contribution in [3.05, 3.63) is 52.4 Å². The summed E-state index contributed by atoms with van der Waals surface area (Å²) in [7, 11) is 1.31. The molecule has 0 bridgehead atoms. The molecule has 8 nitrogen and oxygen atoms in total. The Balaban J connectivity index is 1.81. The zero-order valence-electron chi connectivity index (χ0n) is 14.1. The number of rotatable bonds is 6. The van der Waals surface area contributed by atoms with Crippen molar-refractivity contribution in [2.45, 2.75) is 20.4 Å². The van der Waals surface area contributed by atoms with E-state index in [4.69, 9.17) is 9.26 Å². The van der Waals surface area contributed by atoms with Gasteiger partial charge in [-0.1, -0.05) is 17.3 Å². The lowest BCUT2D eigenvalue weighted by Gasteiger charge is -2.07. The second-order valence-electron chi connectivity index (χ2n) is 5.24. The number of hydrogen-bond donors (Lipinski definition) is 1. The minimum Gasteiger partial charge on any atom is -0.465 e. The minimum atomic E-state index is -0.658. The van der Waals surface area contributed by atoms with Crippen LogP contribution in [0.3, 0.4) is 0 Å². The molecule has 0 spiro atoms. The summed E-state index contributed by atoms with van der Waals surface area (Å²) in [5.74, 6) is -1.19. The minimum absolute atomic E-state index is 0.228. The van der Waals surface area contributed by atoms with Gasteiger partial charge in [0.25, 0.3) is 5.91 Å². The molecule has 0 saturated carbocycles. The summed E-state index contributed by atoms with van der Waals surface area (Å²) in [4.78, 5) is 35.0. The molecule has 132 valence electrons. The van der Waals surface area contributed by atoms with Gasteiger partial charge in [0.2, 0.25) is 0 Å². The molecule has 1 aromatic carbocycles. The maximum absolute atomic E-state index is 11.9. The Labute approximate surface area is 144 Å². The van der Waals surface area contributed by atoms with Crippen LogP contribution in [0.25, 0.3) is 0 Å². The van der Waals surface area contributed by atoms with Crippen LogP contribution in [0.1, 0.15) is 37.7 Å². The Kier molecular flexibility index (Phi) is 5.89. The molecular formula is C17H18N2O6. The maximum atomic E-state index is 11.9. The lowest BCUT2D eigenvalue weighted by Crippen LogP contribution is -2.28. The molecule has 1 heterocycles. The zero-order chi connectivity index (χ0) is 18.4. The van der Waals surface area contributed by atoms with Crippen molar-refractivity contribution in [3.8, 4) is 0 Å². The molecular weight excluding hydrogens is 328 g/mol. The van der Waals surface area contributed by atoms with Crippen molar-refractivity contribution in [1.82, 2.24) is 10.5 Å². The van der Waals surface area contributed by atoms with Gasteiger partial charge in [-0.25, -0.2) is 9.59 Å². The van der Waals surface area contributed by atoms with E-state index in [9.17, 15) is 14.4 Å². The molecule has 0 aliphatic carbocycles. The van der Waals surface area contributed by atoms with Crippen molar-refractivity contribution in [2.24, 2.45) is 0 Å². The highest BCUT2D eigenvalue weighted by Gasteiger charge is 2.19. The number of aromatic nitrogens is 1. The Morgan fingerprint density at radius 1 is 1.12 bits per heavy atom. The SMILES string of the molecule is COC(=O)c1ccc(CNC(=O)COC(=O)c2c(C)noc2C)cc1. The first-order valence-electron chi connectivity index (χ1n) is 7.46. The first kappa shape index (κ1) is 18.2. The van der Waals surface area contributed by atoms with Gasteiger partial charge in [0.1, 0.15) is 11.3 Å². The monoisotopic (exact) mass is 346 g/mol. The van der Waals surface area contributed by atoms with E-state index in [0.717, 1.165) is 5.56 Å². The summed E-state index contributed by atoms with van der Waals surface area (Å²) in [6.45, 7) is 3.03. The first-order chi connectivity index (χ1) is 11.9. The van der Waals surface area contributed by atoms with Gasteiger partial charge < -0.3 is 19.3 Å². The van der Waals surface area contributed by atoms with Crippen molar-refractivity contribution < 1.29 is 28.4 Å². The number of carbonyl (C=O) groups is 3. The Morgan fingerprint density at radius 2 is 1.80 bits per heavy atom. The highest BCUT2D eigenvalue weighted by atomic mass is 16.5. The summed E-state index contributed by atoms with van der Waals surface area (Å²) in [5.41, 5.74) is 1.85. The number of esters is 2. The maximum Gasteiger partial charge on any atom is 0.344 e. The highest BCUT2D eigenvalue weighted by molar-refractivity contribution is 5.93. The molecule has 0 aliphatic rings. The summed E-state index contributed by atoms with van der Waals surface area (Å²) in [6, 6.07) is 6.60. The van der Waals surface area contributed by atoms with E-state index in [0.29, 0.717) is 17.0 Å². The predicted octanol–water partition coefficient (Wildman–Crippen LogP) is 1.55. The van der Waals surface area contributed by atoms with Gasteiger partial charge in [-0.3, -0.25) is 4.79 Å². The van der Waals surface area contributed by atoms with Gasteiger partial charge in [0.15, 0.2) is 6.61 Å². The lowest BCUT2D eigenvalue weighted by atomic mass is 10.1. The number of carbonyl (C=O) groups excluding carboxylic acids is 3. The quantitative estimate of drug-likeness (QED) is 0.791. The predicted molar refractivity (Wildman–Crippen MR) is 85.9 cm³/mol. The van der Waals surface area contributed by atoms with Crippen molar-refractivity contribution in [3.63, 3.8) is 0 Å². The Morgan fingerprint density at radius 3 is 2.36 bits per heavy atom. The molecule has 0 radical (unpaired) electrons. The molecule has 2 rings (SSSR count). The van der Waals surface area contributed by atoms with Gasteiger partial charge in [-0.15, -0.1) is 0 Å². The highest BCUT2D eigenvalue weighted by Crippen LogP contribution is 2.13. The topological polar surface area (TPSA) is 108 Å². The van der Waals surface area contributed by atoms with Crippen molar-refractivity contribution >= 4 is 17.8 Å². The largest absolute Gasteiger partial charge is 0.465 e. The van der Waals surface area contributed by atoms with Crippen LogP contribution < -0.4 is 5.32 Å². The number of ether oxygens (including phenoxy) is 2. The van der Waals surface area contributed by atoms with Crippen LogP contribution in [-0.2, 0) is 20.8 Å². The third-order valence-electron chi connectivity index (χ3n) is 3.44.